The molecule has 2 rings (SSSR count). The van der Waals surface area contributed by atoms with Gasteiger partial charge < -0.3 is 15.2 Å². The third kappa shape index (κ3) is 1.78. The van der Waals surface area contributed by atoms with E-state index in [0.717, 1.165) is 11.3 Å². The molecule has 0 saturated heterocycles. The molecule has 0 fully saturated rings. The van der Waals surface area contributed by atoms with Crippen LogP contribution < -0.4 is 5.56 Å². The number of pyridine rings is 1. The maximum Gasteiger partial charge on any atom is 0.341 e. The molecule has 5 nitrogen and oxygen atoms in total. The lowest BCUT2D eigenvalue weighted by Crippen LogP contribution is -2.26. The molecular formula is C10H11NO4. The molecule has 1 aromatic heterocycles. The van der Waals surface area contributed by atoms with Crippen LogP contribution in [0.5, 0.6) is 0 Å². The minimum Gasteiger partial charge on any atom is -0.477 e. The lowest BCUT2D eigenvalue weighted by atomic mass is 9.93. The maximum atomic E-state index is 11.3. The van der Waals surface area contributed by atoms with Crippen LogP contribution in [0.4, 0.5) is 0 Å². The van der Waals surface area contributed by atoms with Gasteiger partial charge in [-0.05, 0) is 24.5 Å². The average molecular weight is 209 g/mol. The van der Waals surface area contributed by atoms with Gasteiger partial charge in [0.15, 0.2) is 0 Å². The molecule has 3 N–H and O–H groups in total. The van der Waals surface area contributed by atoms with Gasteiger partial charge in [-0.15, -0.1) is 0 Å². The molecule has 1 aliphatic carbocycles. The van der Waals surface area contributed by atoms with Crippen molar-refractivity contribution in [1.82, 2.24) is 4.98 Å². The Kier molecular flexibility index (Phi) is 2.32. The van der Waals surface area contributed by atoms with Crippen LogP contribution in [0.3, 0.4) is 0 Å². The molecule has 5 heteroatoms. The summed E-state index contributed by atoms with van der Waals surface area (Å²) in [5, 5.41) is 18.2. The van der Waals surface area contributed by atoms with E-state index in [-0.39, 0.29) is 5.56 Å². The Balaban J connectivity index is 2.52. The topological polar surface area (TPSA) is 90.4 Å². The Labute approximate surface area is 85.4 Å². The number of fused-ring (bicyclic) bond motifs is 1. The minimum absolute atomic E-state index is 0.261. The Morgan fingerprint density at radius 1 is 1.53 bits per heavy atom. The van der Waals surface area contributed by atoms with Gasteiger partial charge in [0.2, 0.25) is 0 Å². The second kappa shape index (κ2) is 3.51. The smallest absolute Gasteiger partial charge is 0.341 e. The quantitative estimate of drug-likeness (QED) is 0.603. The Hall–Kier alpha value is -1.62. The summed E-state index contributed by atoms with van der Waals surface area (Å²) in [6.45, 7) is 0. The van der Waals surface area contributed by atoms with E-state index in [2.05, 4.69) is 4.98 Å². The molecule has 0 saturated carbocycles. The molecule has 1 heterocycles. The lowest BCUT2D eigenvalue weighted by Gasteiger charge is -2.20. The first-order valence-electron chi connectivity index (χ1n) is 4.74. The number of aryl methyl sites for hydroxylation is 1. The van der Waals surface area contributed by atoms with Crippen molar-refractivity contribution in [2.24, 2.45) is 0 Å². The number of carbonyl (C=O) groups is 1. The van der Waals surface area contributed by atoms with Crippen LogP contribution >= 0.6 is 0 Å². The van der Waals surface area contributed by atoms with Crippen molar-refractivity contribution in [3.8, 4) is 0 Å². The van der Waals surface area contributed by atoms with E-state index in [1.54, 1.807) is 0 Å². The summed E-state index contributed by atoms with van der Waals surface area (Å²) in [5.74, 6) is -1.24. The molecule has 1 atom stereocenters. The normalized spacial score (nSPS) is 19.7. The van der Waals surface area contributed by atoms with Crippen LogP contribution in [0.1, 0.15) is 28.0 Å². The number of aliphatic hydroxyl groups is 1. The van der Waals surface area contributed by atoms with E-state index >= 15 is 0 Å². The van der Waals surface area contributed by atoms with Crippen molar-refractivity contribution in [3.05, 3.63) is 33.2 Å². The number of H-pyrrole nitrogens is 1. The maximum absolute atomic E-state index is 11.3. The van der Waals surface area contributed by atoms with Crippen LogP contribution in [0.25, 0.3) is 0 Å². The highest BCUT2D eigenvalue weighted by molar-refractivity contribution is 5.87. The first kappa shape index (κ1) is 9.92. The van der Waals surface area contributed by atoms with E-state index in [9.17, 15) is 14.7 Å². The number of carboxylic acid groups (broad SMARTS) is 1. The van der Waals surface area contributed by atoms with E-state index in [4.69, 9.17) is 5.11 Å². The molecule has 0 spiro atoms. The van der Waals surface area contributed by atoms with Crippen molar-refractivity contribution < 1.29 is 15.0 Å². The third-order valence-electron chi connectivity index (χ3n) is 2.63. The van der Waals surface area contributed by atoms with Crippen molar-refractivity contribution in [3.63, 3.8) is 0 Å². The molecule has 80 valence electrons. The van der Waals surface area contributed by atoms with Crippen LogP contribution in [-0.4, -0.2) is 27.3 Å². The van der Waals surface area contributed by atoms with Gasteiger partial charge in [-0.1, -0.05) is 0 Å². The molecule has 1 aromatic rings. The molecular weight excluding hydrogens is 198 g/mol. The molecule has 0 aliphatic heterocycles. The second-order valence-corrected chi connectivity index (χ2v) is 3.72. The van der Waals surface area contributed by atoms with Gasteiger partial charge in [-0.3, -0.25) is 4.79 Å². The first-order chi connectivity index (χ1) is 7.08. The molecule has 0 radical (unpaired) electrons. The van der Waals surface area contributed by atoms with Crippen LogP contribution in [0.15, 0.2) is 10.9 Å². The van der Waals surface area contributed by atoms with Gasteiger partial charge in [-0.25, -0.2) is 4.79 Å². The van der Waals surface area contributed by atoms with Gasteiger partial charge in [0.25, 0.3) is 5.56 Å². The monoisotopic (exact) mass is 209 g/mol. The van der Waals surface area contributed by atoms with Gasteiger partial charge in [0, 0.05) is 12.1 Å². The summed E-state index contributed by atoms with van der Waals surface area (Å²) in [5.41, 5.74) is 0.640. The standard InChI is InChI=1S/C10H11NO4/c12-6-1-2-8-5(3-6)4-7(10(14)15)9(13)11-8/h4,6,12H,1-3H2,(H,11,13)(H,14,15). The predicted molar refractivity (Wildman–Crippen MR) is 52.1 cm³/mol. The van der Waals surface area contributed by atoms with E-state index < -0.39 is 17.6 Å². The summed E-state index contributed by atoms with van der Waals surface area (Å²) in [7, 11) is 0. The second-order valence-electron chi connectivity index (χ2n) is 3.72. The molecule has 0 bridgehead atoms. The number of hydrogen-bond acceptors (Lipinski definition) is 3. The van der Waals surface area contributed by atoms with E-state index in [1.807, 2.05) is 0 Å². The zero-order valence-electron chi connectivity index (χ0n) is 7.99. The van der Waals surface area contributed by atoms with Crippen LogP contribution in [0.2, 0.25) is 0 Å². The average Bonchev–Trinajstić information content (AvgIpc) is 2.17. The molecule has 1 aliphatic rings. The van der Waals surface area contributed by atoms with Crippen molar-refractivity contribution >= 4 is 5.97 Å². The van der Waals surface area contributed by atoms with Gasteiger partial charge in [0.05, 0.1) is 6.10 Å². The molecule has 15 heavy (non-hydrogen) atoms. The SMILES string of the molecule is O=C(O)c1cc2c([nH]c1=O)CCC(O)C2. The number of nitrogens with one attached hydrogen (secondary N) is 1. The Morgan fingerprint density at radius 3 is 2.93 bits per heavy atom. The van der Waals surface area contributed by atoms with Crippen molar-refractivity contribution in [1.29, 1.82) is 0 Å². The fourth-order valence-electron chi connectivity index (χ4n) is 1.84. The van der Waals surface area contributed by atoms with Crippen molar-refractivity contribution in [2.75, 3.05) is 0 Å². The number of hydrogen-bond donors (Lipinski definition) is 3. The minimum atomic E-state index is -1.24. The summed E-state index contributed by atoms with van der Waals surface area (Å²) >= 11 is 0. The highest BCUT2D eigenvalue weighted by Crippen LogP contribution is 2.18. The number of aromatic carboxylic acids is 1. The highest BCUT2D eigenvalue weighted by atomic mass is 16.4. The number of aromatic amines is 1. The number of rotatable bonds is 1. The molecule has 0 amide bonds. The van der Waals surface area contributed by atoms with Crippen LogP contribution in [-0.2, 0) is 12.8 Å². The largest absolute Gasteiger partial charge is 0.477 e. The van der Waals surface area contributed by atoms with Gasteiger partial charge in [0.1, 0.15) is 5.56 Å². The van der Waals surface area contributed by atoms with Gasteiger partial charge >= 0.3 is 5.97 Å². The summed E-state index contributed by atoms with van der Waals surface area (Å²) in [6.07, 6.45) is 1.16. The van der Waals surface area contributed by atoms with Gasteiger partial charge in [-0.2, -0.15) is 0 Å². The third-order valence-corrected chi connectivity index (χ3v) is 2.63. The Bertz CT molecular complexity index is 463. The van der Waals surface area contributed by atoms with Crippen LogP contribution in [0, 0.1) is 0 Å². The lowest BCUT2D eigenvalue weighted by molar-refractivity contribution is 0.0694. The van der Waals surface area contributed by atoms with E-state index in [1.165, 1.54) is 6.07 Å². The zero-order valence-corrected chi connectivity index (χ0v) is 7.99. The Morgan fingerprint density at radius 2 is 2.27 bits per heavy atom. The fourth-order valence-corrected chi connectivity index (χ4v) is 1.84. The first-order valence-corrected chi connectivity index (χ1v) is 4.74. The number of aliphatic hydroxyl groups excluding tert-OH is 1. The molecule has 1 unspecified atom stereocenters. The van der Waals surface area contributed by atoms with E-state index in [0.29, 0.717) is 19.3 Å². The van der Waals surface area contributed by atoms with Crippen molar-refractivity contribution in [2.45, 2.75) is 25.4 Å². The fraction of sp³-hybridized carbons (Fsp3) is 0.400. The number of carboxylic acids is 1. The predicted octanol–water partition coefficient (Wildman–Crippen LogP) is -0.0773. The number of aromatic nitrogens is 1. The summed E-state index contributed by atoms with van der Waals surface area (Å²) in [4.78, 5) is 24.6. The highest BCUT2D eigenvalue weighted by Gasteiger charge is 2.20. The zero-order chi connectivity index (χ0) is 11.0. The molecule has 0 aromatic carbocycles. The summed E-state index contributed by atoms with van der Waals surface area (Å²) < 4.78 is 0. The summed E-state index contributed by atoms with van der Waals surface area (Å²) in [6, 6.07) is 1.36.